The van der Waals surface area contributed by atoms with Crippen molar-refractivity contribution in [3.63, 3.8) is 0 Å². The zero-order chi connectivity index (χ0) is 25.5. The first-order chi connectivity index (χ1) is 17.3. The second-order valence-electron chi connectivity index (χ2n) is 7.74. The quantitative estimate of drug-likeness (QED) is 0.193. The molecule has 2 aromatic heterocycles. The van der Waals surface area contributed by atoms with E-state index >= 15 is 0 Å². The van der Waals surface area contributed by atoms with Crippen molar-refractivity contribution in [1.82, 2.24) is 9.97 Å². The summed E-state index contributed by atoms with van der Waals surface area (Å²) in [5.41, 5.74) is 8.23. The summed E-state index contributed by atoms with van der Waals surface area (Å²) in [5, 5.41) is 0. The molecular formula is C31H26IrN2-2. The third kappa shape index (κ3) is 6.57. The van der Waals surface area contributed by atoms with E-state index in [1.807, 2.05) is 60.8 Å². The van der Waals surface area contributed by atoms with Crippen LogP contribution < -0.4 is 0 Å². The molecule has 171 valence electrons. The molecule has 0 atom stereocenters. The van der Waals surface area contributed by atoms with E-state index in [0.29, 0.717) is 5.56 Å². The number of aryl methyl sites for hydroxylation is 3. The maximum atomic E-state index is 7.37. The molecule has 0 N–H and O–H groups in total. The van der Waals surface area contributed by atoms with Gasteiger partial charge < -0.3 is 9.97 Å². The molecule has 0 spiro atoms. The number of hydrogen-bond donors (Lipinski definition) is 0. The second-order valence-corrected chi connectivity index (χ2v) is 7.74. The van der Waals surface area contributed by atoms with Gasteiger partial charge in [0.05, 0.1) is 0 Å². The van der Waals surface area contributed by atoms with Crippen LogP contribution in [0.3, 0.4) is 0 Å². The van der Waals surface area contributed by atoms with Crippen molar-refractivity contribution in [2.75, 3.05) is 0 Å². The molecule has 0 aliphatic heterocycles. The van der Waals surface area contributed by atoms with Gasteiger partial charge >= 0.3 is 0 Å². The minimum atomic E-state index is -2.10. The molecule has 0 aliphatic carbocycles. The third-order valence-electron chi connectivity index (χ3n) is 5.23. The zero-order valence-corrected chi connectivity index (χ0v) is 21.4. The minimum Gasteiger partial charge on any atom is -0.304 e. The molecule has 0 saturated carbocycles. The van der Waals surface area contributed by atoms with Gasteiger partial charge in [-0.15, -0.1) is 71.8 Å². The normalized spacial score (nSPS) is 11.6. The van der Waals surface area contributed by atoms with Crippen molar-refractivity contribution in [2.45, 2.75) is 20.7 Å². The van der Waals surface area contributed by atoms with Crippen LogP contribution in [0.5, 0.6) is 0 Å². The SMILES string of the molecule is Cc1ccc(-c2ccc(-c3[c-]cccc3)nc2)cc1.[2H]C([2H])([2H])c1cnc(-c2[c-]cccc2)cc1C.[Ir]. The van der Waals surface area contributed by atoms with Crippen LogP contribution >= 0.6 is 0 Å². The van der Waals surface area contributed by atoms with E-state index in [4.69, 9.17) is 4.11 Å². The summed E-state index contributed by atoms with van der Waals surface area (Å²) in [7, 11) is 0. The Morgan fingerprint density at radius 2 is 1.26 bits per heavy atom. The fraction of sp³-hybridized carbons (Fsp3) is 0.0968. The molecule has 3 heteroatoms. The van der Waals surface area contributed by atoms with Gasteiger partial charge in [0.15, 0.2) is 0 Å². The van der Waals surface area contributed by atoms with Gasteiger partial charge in [-0.2, -0.15) is 0 Å². The Hall–Kier alpha value is -3.39. The summed E-state index contributed by atoms with van der Waals surface area (Å²) in [6.45, 7) is 1.78. The Balaban J connectivity index is 0.000000201. The van der Waals surface area contributed by atoms with Gasteiger partial charge in [-0.05, 0) is 48.8 Å². The maximum absolute atomic E-state index is 7.37. The predicted octanol–water partition coefficient (Wildman–Crippen LogP) is 7.69. The van der Waals surface area contributed by atoms with E-state index in [9.17, 15) is 0 Å². The molecule has 0 aliphatic rings. The molecule has 0 saturated heterocycles. The van der Waals surface area contributed by atoms with E-state index in [1.165, 1.54) is 17.3 Å². The molecule has 2 nitrogen and oxygen atoms in total. The first kappa shape index (κ1) is 21.2. The first-order valence-corrected chi connectivity index (χ1v) is 10.8. The maximum Gasteiger partial charge on any atom is 0.0280 e. The van der Waals surface area contributed by atoms with Crippen LogP contribution in [-0.2, 0) is 20.1 Å². The smallest absolute Gasteiger partial charge is 0.0280 e. The fourth-order valence-electron chi connectivity index (χ4n) is 3.28. The van der Waals surface area contributed by atoms with E-state index in [1.54, 1.807) is 13.0 Å². The predicted molar refractivity (Wildman–Crippen MR) is 137 cm³/mol. The van der Waals surface area contributed by atoms with Crippen LogP contribution in [0.4, 0.5) is 0 Å². The molecular weight excluding hydrogens is 593 g/mol. The molecule has 1 radical (unpaired) electrons. The van der Waals surface area contributed by atoms with Crippen molar-refractivity contribution >= 4 is 0 Å². The Morgan fingerprint density at radius 1 is 0.647 bits per heavy atom. The van der Waals surface area contributed by atoms with Crippen molar-refractivity contribution in [1.29, 1.82) is 0 Å². The molecule has 34 heavy (non-hydrogen) atoms. The standard InChI is InChI=1S/C18H14N.C13H12N.Ir/c1-14-7-9-15(10-8-14)17-11-12-18(19-13-17)16-5-3-2-4-6-16;1-10-8-13(14-9-11(10)2)12-6-4-3-5-7-12;/h2-5,7-13H,1H3;3-6,8-9H,1-2H3;/q2*-1;/i;2D3;. The van der Waals surface area contributed by atoms with Crippen molar-refractivity contribution < 1.29 is 24.2 Å². The largest absolute Gasteiger partial charge is 0.304 e. The average Bonchev–Trinajstić information content (AvgIpc) is 2.90. The van der Waals surface area contributed by atoms with Gasteiger partial charge in [-0.1, -0.05) is 53.6 Å². The number of hydrogen-bond acceptors (Lipinski definition) is 2. The number of rotatable bonds is 3. The topological polar surface area (TPSA) is 25.8 Å². The molecule has 2 heterocycles. The number of pyridine rings is 2. The van der Waals surface area contributed by atoms with Gasteiger partial charge in [0, 0.05) is 36.6 Å². The number of benzene rings is 3. The van der Waals surface area contributed by atoms with Gasteiger partial charge in [0.2, 0.25) is 0 Å². The molecule has 0 fully saturated rings. The van der Waals surface area contributed by atoms with Crippen molar-refractivity contribution in [3.05, 3.63) is 132 Å². The third-order valence-corrected chi connectivity index (χ3v) is 5.23. The summed E-state index contributed by atoms with van der Waals surface area (Å²) in [6, 6.07) is 36.1. The minimum absolute atomic E-state index is 0. The van der Waals surface area contributed by atoms with Crippen LogP contribution in [0.1, 0.15) is 20.8 Å². The van der Waals surface area contributed by atoms with Gasteiger partial charge in [0.25, 0.3) is 0 Å². The Bertz CT molecular complexity index is 1400. The van der Waals surface area contributed by atoms with E-state index in [0.717, 1.165) is 33.6 Å². The van der Waals surface area contributed by atoms with E-state index in [-0.39, 0.29) is 20.1 Å². The van der Waals surface area contributed by atoms with Crippen LogP contribution in [0.2, 0.25) is 0 Å². The molecule has 3 aromatic carbocycles. The van der Waals surface area contributed by atoms with E-state index < -0.39 is 6.85 Å². The van der Waals surface area contributed by atoms with Crippen molar-refractivity contribution in [2.24, 2.45) is 0 Å². The molecule has 0 unspecified atom stereocenters. The number of aromatic nitrogens is 2. The Kier molecular flexibility index (Phi) is 7.58. The molecule has 0 amide bonds. The first-order valence-electron chi connectivity index (χ1n) is 12.3. The summed E-state index contributed by atoms with van der Waals surface area (Å²) < 4.78 is 22.1. The van der Waals surface area contributed by atoms with Crippen molar-refractivity contribution in [3.8, 4) is 33.6 Å². The molecule has 5 rings (SSSR count). The summed E-state index contributed by atoms with van der Waals surface area (Å²) in [5.74, 6) is 0. The summed E-state index contributed by atoms with van der Waals surface area (Å²) >= 11 is 0. The fourth-order valence-corrected chi connectivity index (χ4v) is 3.28. The van der Waals surface area contributed by atoms with Crippen LogP contribution in [0.15, 0.2) is 103 Å². The summed E-state index contributed by atoms with van der Waals surface area (Å²) in [4.78, 5) is 8.70. The zero-order valence-electron chi connectivity index (χ0n) is 22.0. The monoisotopic (exact) mass is 622 g/mol. The summed E-state index contributed by atoms with van der Waals surface area (Å²) in [6.07, 6.45) is 3.35. The van der Waals surface area contributed by atoms with Crippen LogP contribution in [-0.4, -0.2) is 9.97 Å². The Labute approximate surface area is 220 Å². The Morgan fingerprint density at radius 3 is 1.79 bits per heavy atom. The van der Waals surface area contributed by atoms with Gasteiger partial charge in [0.1, 0.15) is 0 Å². The number of nitrogens with zero attached hydrogens (tertiary/aromatic N) is 2. The van der Waals surface area contributed by atoms with Gasteiger partial charge in [-0.3, -0.25) is 0 Å². The molecule has 5 aromatic rings. The van der Waals surface area contributed by atoms with Crippen LogP contribution in [0, 0.1) is 32.8 Å². The molecule has 0 bridgehead atoms. The second kappa shape index (κ2) is 12.2. The van der Waals surface area contributed by atoms with E-state index in [2.05, 4.69) is 59.4 Å². The van der Waals surface area contributed by atoms with Crippen LogP contribution in [0.25, 0.3) is 33.6 Å². The van der Waals surface area contributed by atoms with Gasteiger partial charge in [-0.25, -0.2) is 0 Å². The average molecular weight is 622 g/mol.